The van der Waals surface area contributed by atoms with Gasteiger partial charge in [-0.15, -0.1) is 0 Å². The molecule has 0 aromatic heterocycles. The Kier molecular flexibility index (Phi) is 4.90. The normalized spacial score (nSPS) is 25.7. The SMILES string of the molecule is O=C(Cc1ccccc1)NC1CCON(C2(C(=O)O)CCC(=O)O2)C1=O. The predicted molar refractivity (Wildman–Crippen MR) is 85.2 cm³/mol. The third-order valence-corrected chi connectivity index (χ3v) is 4.28. The number of carbonyl (C=O) groups excluding carboxylic acids is 3. The van der Waals surface area contributed by atoms with E-state index in [-0.39, 0.29) is 38.2 Å². The lowest BCUT2D eigenvalue weighted by Gasteiger charge is -2.39. The fourth-order valence-corrected chi connectivity index (χ4v) is 2.98. The van der Waals surface area contributed by atoms with E-state index in [1.165, 1.54) is 0 Å². The highest BCUT2D eigenvalue weighted by Gasteiger charge is 2.57. The van der Waals surface area contributed by atoms with Crippen LogP contribution in [0.2, 0.25) is 0 Å². The molecule has 9 heteroatoms. The number of hydrogen-bond donors (Lipinski definition) is 2. The Morgan fingerprint density at radius 3 is 2.62 bits per heavy atom. The first kappa shape index (κ1) is 17.9. The molecule has 2 fully saturated rings. The van der Waals surface area contributed by atoms with Gasteiger partial charge in [-0.25, -0.2) is 4.79 Å². The topological polar surface area (TPSA) is 122 Å². The van der Waals surface area contributed by atoms with Crippen LogP contribution in [0.1, 0.15) is 24.8 Å². The zero-order valence-corrected chi connectivity index (χ0v) is 13.8. The number of aliphatic carboxylic acids is 1. The summed E-state index contributed by atoms with van der Waals surface area (Å²) < 4.78 is 4.90. The first-order valence-electron chi connectivity index (χ1n) is 8.18. The highest BCUT2D eigenvalue weighted by atomic mass is 16.7. The van der Waals surface area contributed by atoms with E-state index >= 15 is 0 Å². The van der Waals surface area contributed by atoms with E-state index < -0.39 is 29.6 Å². The van der Waals surface area contributed by atoms with Crippen LogP contribution in [-0.2, 0) is 35.2 Å². The number of carbonyl (C=O) groups is 4. The standard InChI is InChI=1S/C17H18N2O7/c20-13(10-11-4-2-1-3-5-11)18-12-7-9-25-19(15(12)22)17(16(23)24)8-6-14(21)26-17/h1-5,12H,6-10H2,(H,18,20)(H,23,24). The number of benzene rings is 1. The summed E-state index contributed by atoms with van der Waals surface area (Å²) in [7, 11) is 0. The van der Waals surface area contributed by atoms with Gasteiger partial charge in [-0.3, -0.25) is 19.2 Å². The van der Waals surface area contributed by atoms with E-state index in [2.05, 4.69) is 5.32 Å². The van der Waals surface area contributed by atoms with Crippen molar-refractivity contribution in [2.45, 2.75) is 37.5 Å². The summed E-state index contributed by atoms with van der Waals surface area (Å²) in [4.78, 5) is 53.1. The van der Waals surface area contributed by atoms with E-state index in [1.807, 2.05) is 6.07 Å². The van der Waals surface area contributed by atoms with Crippen LogP contribution >= 0.6 is 0 Å². The van der Waals surface area contributed by atoms with Gasteiger partial charge in [0.05, 0.1) is 19.4 Å². The van der Waals surface area contributed by atoms with Crippen molar-refractivity contribution in [2.24, 2.45) is 0 Å². The van der Waals surface area contributed by atoms with Gasteiger partial charge in [0, 0.05) is 12.8 Å². The molecule has 2 aliphatic rings. The van der Waals surface area contributed by atoms with Gasteiger partial charge in [-0.1, -0.05) is 30.3 Å². The fraction of sp³-hybridized carbons (Fsp3) is 0.412. The van der Waals surface area contributed by atoms with E-state index in [4.69, 9.17) is 9.57 Å². The lowest BCUT2D eigenvalue weighted by atomic mass is 10.1. The molecule has 9 nitrogen and oxygen atoms in total. The van der Waals surface area contributed by atoms with Crippen LogP contribution in [-0.4, -0.2) is 52.3 Å². The van der Waals surface area contributed by atoms with Gasteiger partial charge in [0.2, 0.25) is 5.91 Å². The number of esters is 1. The van der Waals surface area contributed by atoms with Gasteiger partial charge in [0.15, 0.2) is 0 Å². The lowest BCUT2D eigenvalue weighted by molar-refractivity contribution is -0.283. The molecule has 138 valence electrons. The average Bonchev–Trinajstić information content (AvgIpc) is 3.01. The Labute approximate surface area is 148 Å². The number of amides is 2. The maximum absolute atomic E-state index is 12.6. The molecule has 0 aliphatic carbocycles. The molecule has 0 bridgehead atoms. The number of carboxylic acids is 1. The number of cyclic esters (lactones) is 1. The van der Waals surface area contributed by atoms with Crippen molar-refractivity contribution in [3.63, 3.8) is 0 Å². The molecule has 0 saturated carbocycles. The number of carboxylic acid groups (broad SMARTS) is 1. The van der Waals surface area contributed by atoms with Crippen molar-refractivity contribution in [1.82, 2.24) is 10.4 Å². The third kappa shape index (κ3) is 3.38. The van der Waals surface area contributed by atoms with Gasteiger partial charge in [0.25, 0.3) is 5.91 Å². The Balaban J connectivity index is 1.70. The molecule has 3 rings (SSSR count). The molecule has 2 unspecified atom stereocenters. The molecule has 26 heavy (non-hydrogen) atoms. The van der Waals surface area contributed by atoms with E-state index in [9.17, 15) is 24.3 Å². The molecule has 2 saturated heterocycles. The maximum Gasteiger partial charge on any atom is 0.372 e. The minimum absolute atomic E-state index is 0.00854. The smallest absolute Gasteiger partial charge is 0.372 e. The number of hydroxylamine groups is 2. The van der Waals surface area contributed by atoms with Crippen LogP contribution in [0.25, 0.3) is 0 Å². The molecule has 2 atom stereocenters. The Bertz CT molecular complexity index is 736. The summed E-state index contributed by atoms with van der Waals surface area (Å²) in [5, 5.41) is 12.7. The van der Waals surface area contributed by atoms with Crippen molar-refractivity contribution >= 4 is 23.8 Å². The van der Waals surface area contributed by atoms with Gasteiger partial charge in [-0.05, 0) is 5.56 Å². The Morgan fingerprint density at radius 2 is 2.00 bits per heavy atom. The van der Waals surface area contributed by atoms with E-state index in [0.717, 1.165) is 5.56 Å². The summed E-state index contributed by atoms with van der Waals surface area (Å²) in [6.45, 7) is 0.00854. The van der Waals surface area contributed by atoms with Gasteiger partial charge >= 0.3 is 17.7 Å². The summed E-state index contributed by atoms with van der Waals surface area (Å²) in [6.07, 6.45) is -0.0634. The summed E-state index contributed by atoms with van der Waals surface area (Å²) >= 11 is 0. The van der Waals surface area contributed by atoms with E-state index in [0.29, 0.717) is 5.06 Å². The highest BCUT2D eigenvalue weighted by Crippen LogP contribution is 2.33. The third-order valence-electron chi connectivity index (χ3n) is 4.28. The van der Waals surface area contributed by atoms with Crippen LogP contribution < -0.4 is 5.32 Å². The molecular weight excluding hydrogens is 344 g/mol. The Morgan fingerprint density at radius 1 is 1.27 bits per heavy atom. The molecule has 2 aliphatic heterocycles. The fourth-order valence-electron chi connectivity index (χ4n) is 2.98. The van der Waals surface area contributed by atoms with Crippen LogP contribution in [0.4, 0.5) is 0 Å². The van der Waals surface area contributed by atoms with Crippen molar-refractivity contribution in [2.75, 3.05) is 6.61 Å². The highest BCUT2D eigenvalue weighted by molar-refractivity contribution is 5.93. The van der Waals surface area contributed by atoms with Crippen LogP contribution in [0.15, 0.2) is 30.3 Å². The zero-order valence-electron chi connectivity index (χ0n) is 13.8. The summed E-state index contributed by atoms with van der Waals surface area (Å²) in [5.41, 5.74) is -1.40. The molecule has 2 amide bonds. The quantitative estimate of drug-likeness (QED) is 0.707. The molecule has 1 aromatic carbocycles. The number of nitrogens with zero attached hydrogens (tertiary/aromatic N) is 1. The number of ether oxygens (including phenoxy) is 1. The monoisotopic (exact) mass is 362 g/mol. The minimum atomic E-state index is -2.18. The molecule has 0 radical (unpaired) electrons. The van der Waals surface area contributed by atoms with E-state index in [1.54, 1.807) is 24.3 Å². The van der Waals surface area contributed by atoms with Gasteiger partial charge in [0.1, 0.15) is 6.04 Å². The molecule has 0 spiro atoms. The molecular formula is C17H18N2O7. The number of hydrogen-bond acceptors (Lipinski definition) is 6. The van der Waals surface area contributed by atoms with Crippen molar-refractivity contribution in [3.8, 4) is 0 Å². The van der Waals surface area contributed by atoms with Gasteiger partial charge in [-0.2, -0.15) is 5.06 Å². The van der Waals surface area contributed by atoms with Crippen molar-refractivity contribution in [3.05, 3.63) is 35.9 Å². The predicted octanol–water partition coefficient (Wildman–Crippen LogP) is -0.00430. The molecule has 2 N–H and O–H groups in total. The lowest BCUT2D eigenvalue weighted by Crippen LogP contribution is -2.63. The van der Waals surface area contributed by atoms with Crippen LogP contribution in [0.5, 0.6) is 0 Å². The average molecular weight is 362 g/mol. The van der Waals surface area contributed by atoms with Gasteiger partial charge < -0.3 is 15.2 Å². The van der Waals surface area contributed by atoms with Crippen molar-refractivity contribution < 1.29 is 33.9 Å². The van der Waals surface area contributed by atoms with Crippen LogP contribution in [0, 0.1) is 0 Å². The Hall–Kier alpha value is -2.94. The molecule has 1 aromatic rings. The maximum atomic E-state index is 12.6. The van der Waals surface area contributed by atoms with Crippen molar-refractivity contribution in [1.29, 1.82) is 0 Å². The zero-order chi connectivity index (χ0) is 18.7. The minimum Gasteiger partial charge on any atom is -0.477 e. The summed E-state index contributed by atoms with van der Waals surface area (Å²) in [5.74, 6) is -3.34. The summed E-state index contributed by atoms with van der Waals surface area (Å²) in [6, 6.07) is 8.06. The second-order valence-corrected chi connectivity index (χ2v) is 6.10. The first-order valence-corrected chi connectivity index (χ1v) is 8.18. The molecule has 2 heterocycles. The van der Waals surface area contributed by atoms with Crippen LogP contribution in [0.3, 0.4) is 0 Å². The number of rotatable bonds is 5. The largest absolute Gasteiger partial charge is 0.477 e. The number of nitrogens with one attached hydrogen (secondary N) is 1. The second-order valence-electron chi connectivity index (χ2n) is 6.10. The first-order chi connectivity index (χ1) is 12.4. The second kappa shape index (κ2) is 7.12.